The summed E-state index contributed by atoms with van der Waals surface area (Å²) in [5.41, 5.74) is 0. The number of hydrogen-bond donors (Lipinski definition) is 2. The zero-order chi connectivity index (χ0) is 52.5. The maximum Gasteiger partial charge on any atom is 0.306 e. The number of unbranched alkanes of at least 4 members (excludes halogenated alkanes) is 26. The van der Waals surface area contributed by atoms with Crippen LogP contribution in [0.15, 0.2) is 72.9 Å². The molecule has 0 saturated carbocycles. The van der Waals surface area contributed by atoms with E-state index in [2.05, 4.69) is 99.0 Å². The number of carbonyl (C=O) groups excluding carboxylic acids is 3. The molecule has 0 aliphatic rings. The standard InChI is InChI=1S/C61H108NO9P.H3N/c1-4-7-10-13-16-19-22-25-28-29-32-33-36-39-42-45-48-51-59(63)62-54-55-69-72(66,67)70-57-58(71-61(65)53-50-47-44-41-38-35-31-27-24-21-18-15-12-9-6-3)56-68-60(64)52-49-46-43-40-37-34-30-26-23-20-17-14-11-8-5-2;/h16,19,25-28,30-33,39,42,58H,4-15,17-18,20-24,29,34-38,40-41,43-57H2,1-3H3,(H,62,63)(H,66,67);1H3/b19-16-,28-25-,30-26-,31-27-,33-32-,42-39-;/t58-;/m1./s1. The van der Waals surface area contributed by atoms with Crippen molar-refractivity contribution in [2.24, 2.45) is 0 Å². The maximum atomic E-state index is 12.8. The number of esters is 2. The number of amides is 1. The molecule has 2 atom stereocenters. The summed E-state index contributed by atoms with van der Waals surface area (Å²) in [7, 11) is -4.82. The van der Waals surface area contributed by atoms with Gasteiger partial charge in [0.15, 0.2) is 6.10 Å². The van der Waals surface area contributed by atoms with E-state index in [1.54, 1.807) is 0 Å². The highest BCUT2D eigenvalue weighted by atomic mass is 31.2. The van der Waals surface area contributed by atoms with Crippen LogP contribution in [-0.2, 0) is 37.5 Å². The maximum absolute atomic E-state index is 12.8. The first-order chi connectivity index (χ1) is 35.2. The summed E-state index contributed by atoms with van der Waals surface area (Å²) < 4.78 is 33.7. The molecule has 0 fully saturated rings. The molecule has 73 heavy (non-hydrogen) atoms. The number of phosphoric ester groups is 1. The van der Waals surface area contributed by atoms with E-state index in [1.807, 2.05) is 0 Å². The Morgan fingerprint density at radius 2 is 0.795 bits per heavy atom. The molecule has 0 aromatic heterocycles. The first-order valence-corrected chi connectivity index (χ1v) is 30.8. The minimum absolute atomic E-state index is 0. The highest BCUT2D eigenvalue weighted by Gasteiger charge is 2.21. The third-order valence-electron chi connectivity index (χ3n) is 12.3. The van der Waals surface area contributed by atoms with Crippen molar-refractivity contribution in [2.45, 2.75) is 271 Å². The second kappa shape index (κ2) is 58.2. The van der Waals surface area contributed by atoms with Crippen LogP contribution in [0.2, 0.25) is 0 Å². The van der Waals surface area contributed by atoms with Gasteiger partial charge < -0.3 is 34.9 Å². The van der Waals surface area contributed by atoms with E-state index in [-0.39, 0.29) is 44.7 Å². The number of quaternary nitrogens is 1. The Morgan fingerprint density at radius 1 is 0.438 bits per heavy atom. The van der Waals surface area contributed by atoms with Gasteiger partial charge in [-0.3, -0.25) is 18.9 Å². The van der Waals surface area contributed by atoms with Crippen LogP contribution in [0.1, 0.15) is 265 Å². The number of phosphoric acid groups is 1. The van der Waals surface area contributed by atoms with Crippen LogP contribution in [-0.4, -0.2) is 50.3 Å². The van der Waals surface area contributed by atoms with Gasteiger partial charge in [-0.15, -0.1) is 0 Å². The summed E-state index contributed by atoms with van der Waals surface area (Å²) in [4.78, 5) is 50.4. The van der Waals surface area contributed by atoms with Crippen molar-refractivity contribution < 1.29 is 42.4 Å². The smallest absolute Gasteiger partial charge is 0.306 e. The minimum atomic E-state index is -4.82. The lowest BCUT2D eigenvalue weighted by molar-refractivity contribution is -0.228. The quantitative estimate of drug-likeness (QED) is 0.0260. The van der Waals surface area contributed by atoms with Crippen molar-refractivity contribution in [1.29, 1.82) is 0 Å². The molecule has 0 rings (SSSR count). The largest absolute Gasteiger partial charge is 0.756 e. The van der Waals surface area contributed by atoms with Crippen molar-refractivity contribution >= 4 is 25.7 Å². The average molecular weight is 1050 g/mol. The third-order valence-corrected chi connectivity index (χ3v) is 13.3. The SMILES string of the molecule is CCCCC/C=C\C/C=C\C/C=C\C/C=C\CCCC(=O)NCCOP(=O)([O-])OC[C@@H](COC(=O)CCCCCCC/C=C\CCCCCCCC)OC(=O)CCCCCCC/C=C\CCCCCCCC.[NH4+]. The molecule has 11 nitrogen and oxygen atoms in total. The van der Waals surface area contributed by atoms with Crippen LogP contribution in [0.5, 0.6) is 0 Å². The van der Waals surface area contributed by atoms with E-state index in [0.717, 1.165) is 96.3 Å². The molecule has 0 aromatic rings. The molecule has 0 saturated heterocycles. The molecule has 0 heterocycles. The van der Waals surface area contributed by atoms with E-state index >= 15 is 0 Å². The summed E-state index contributed by atoms with van der Waals surface area (Å²) in [5, 5.41) is 2.68. The number of nitrogens with one attached hydrogen (secondary N) is 1. The monoisotopic (exact) mass is 1050 g/mol. The molecule has 0 radical (unpaired) electrons. The van der Waals surface area contributed by atoms with Gasteiger partial charge in [0.25, 0.3) is 7.82 Å². The van der Waals surface area contributed by atoms with Gasteiger partial charge in [0, 0.05) is 25.8 Å². The van der Waals surface area contributed by atoms with Crippen molar-refractivity contribution in [2.75, 3.05) is 26.4 Å². The minimum Gasteiger partial charge on any atom is -0.756 e. The van der Waals surface area contributed by atoms with E-state index in [4.69, 9.17) is 18.5 Å². The lowest BCUT2D eigenvalue weighted by Crippen LogP contribution is -2.31. The molecule has 0 spiro atoms. The third kappa shape index (κ3) is 58.0. The number of hydrogen-bond acceptors (Lipinski definition) is 9. The lowest BCUT2D eigenvalue weighted by atomic mass is 10.1. The Labute approximate surface area is 447 Å². The van der Waals surface area contributed by atoms with E-state index in [0.29, 0.717) is 25.7 Å². The summed E-state index contributed by atoms with van der Waals surface area (Å²) in [6.07, 6.45) is 65.2. The Bertz CT molecular complexity index is 1480. The van der Waals surface area contributed by atoms with Crippen molar-refractivity contribution in [1.82, 2.24) is 11.5 Å². The lowest BCUT2D eigenvalue weighted by Gasteiger charge is -2.25. The molecule has 1 unspecified atom stereocenters. The molecule has 1 amide bonds. The fourth-order valence-electron chi connectivity index (χ4n) is 7.89. The van der Waals surface area contributed by atoms with Gasteiger partial charge >= 0.3 is 11.9 Å². The van der Waals surface area contributed by atoms with Gasteiger partial charge in [0.05, 0.1) is 13.2 Å². The molecule has 5 N–H and O–H groups in total. The fourth-order valence-corrected chi connectivity index (χ4v) is 8.63. The average Bonchev–Trinajstić information content (AvgIpc) is 3.37. The molecular formula is C61H111N2O9P. The van der Waals surface area contributed by atoms with E-state index in [9.17, 15) is 23.8 Å². The van der Waals surface area contributed by atoms with Crippen LogP contribution in [0, 0.1) is 0 Å². The van der Waals surface area contributed by atoms with Crippen LogP contribution in [0.4, 0.5) is 0 Å². The summed E-state index contributed by atoms with van der Waals surface area (Å²) in [6, 6.07) is 0. The summed E-state index contributed by atoms with van der Waals surface area (Å²) in [5.74, 6) is -1.12. The Morgan fingerprint density at radius 3 is 1.26 bits per heavy atom. The highest BCUT2D eigenvalue weighted by Crippen LogP contribution is 2.38. The zero-order valence-corrected chi connectivity index (χ0v) is 48.2. The first-order valence-electron chi connectivity index (χ1n) is 29.4. The molecule has 0 aromatic carbocycles. The second-order valence-corrected chi connectivity index (χ2v) is 20.8. The van der Waals surface area contributed by atoms with Gasteiger partial charge in [0.2, 0.25) is 5.91 Å². The van der Waals surface area contributed by atoms with Crippen molar-refractivity contribution in [3.8, 4) is 0 Å². The molecule has 0 aliphatic carbocycles. The van der Waals surface area contributed by atoms with Crippen LogP contribution >= 0.6 is 7.82 Å². The molecule has 12 heteroatoms. The van der Waals surface area contributed by atoms with Gasteiger partial charge in [0.1, 0.15) is 6.61 Å². The van der Waals surface area contributed by atoms with E-state index in [1.165, 1.54) is 109 Å². The number of allylic oxidation sites excluding steroid dienone is 12. The molecular weight excluding hydrogens is 936 g/mol. The fraction of sp³-hybridized carbons (Fsp3) is 0.754. The predicted molar refractivity (Wildman–Crippen MR) is 307 cm³/mol. The Kier molecular flexibility index (Phi) is 57.4. The Hall–Kier alpha value is -3.08. The number of rotatable bonds is 54. The summed E-state index contributed by atoms with van der Waals surface area (Å²) in [6.45, 7) is 5.52. The van der Waals surface area contributed by atoms with Crippen LogP contribution in [0.25, 0.3) is 0 Å². The zero-order valence-electron chi connectivity index (χ0n) is 47.3. The van der Waals surface area contributed by atoms with E-state index < -0.39 is 32.5 Å². The highest BCUT2D eigenvalue weighted by molar-refractivity contribution is 7.45. The number of carbonyl (C=O) groups is 3. The van der Waals surface area contributed by atoms with Crippen molar-refractivity contribution in [3.05, 3.63) is 72.9 Å². The molecule has 424 valence electrons. The van der Waals surface area contributed by atoms with Crippen LogP contribution < -0.4 is 16.4 Å². The van der Waals surface area contributed by atoms with Crippen molar-refractivity contribution in [3.63, 3.8) is 0 Å². The number of ether oxygens (including phenoxy) is 2. The van der Waals surface area contributed by atoms with Gasteiger partial charge in [-0.05, 0) is 109 Å². The molecule has 0 aliphatic heterocycles. The molecule has 0 bridgehead atoms. The first kappa shape index (κ1) is 72.0. The normalized spacial score (nSPS) is 13.3. The predicted octanol–water partition coefficient (Wildman–Crippen LogP) is 17.7. The summed E-state index contributed by atoms with van der Waals surface area (Å²) >= 11 is 0. The van der Waals surface area contributed by atoms with Gasteiger partial charge in [-0.1, -0.05) is 209 Å². The van der Waals surface area contributed by atoms with Gasteiger partial charge in [-0.2, -0.15) is 0 Å². The Balaban J connectivity index is 0. The topological polar surface area (TPSA) is 177 Å². The van der Waals surface area contributed by atoms with Crippen LogP contribution in [0.3, 0.4) is 0 Å². The van der Waals surface area contributed by atoms with Gasteiger partial charge in [-0.25, -0.2) is 0 Å². The second-order valence-electron chi connectivity index (χ2n) is 19.4.